The van der Waals surface area contributed by atoms with Crippen molar-refractivity contribution in [1.29, 1.82) is 0 Å². The molecule has 0 aliphatic carbocycles. The topological polar surface area (TPSA) is 72.2 Å². The molecule has 0 bridgehead atoms. The molecule has 1 heterocycles. The maximum absolute atomic E-state index is 12.2. The summed E-state index contributed by atoms with van der Waals surface area (Å²) in [5.41, 5.74) is 6.11. The van der Waals surface area contributed by atoms with Gasteiger partial charge in [0.2, 0.25) is 0 Å². The molecule has 7 heteroatoms. The standard InChI is InChI=1S/C11H11IN2O2S2/c12-8-3-1-2-4-9(8)14-18(15,16)11-5-6-17-10(11)7-13/h1-6,14H,7,13H2. The molecule has 0 amide bonds. The molecular weight excluding hydrogens is 383 g/mol. The summed E-state index contributed by atoms with van der Waals surface area (Å²) in [5.74, 6) is 0. The molecule has 0 fully saturated rings. The van der Waals surface area contributed by atoms with Gasteiger partial charge in [0.05, 0.1) is 5.69 Å². The van der Waals surface area contributed by atoms with Crippen LogP contribution in [0.1, 0.15) is 4.88 Å². The lowest BCUT2D eigenvalue weighted by Gasteiger charge is -2.09. The quantitative estimate of drug-likeness (QED) is 0.784. The molecule has 2 aromatic rings. The Kier molecular flexibility index (Phi) is 4.25. The fourth-order valence-corrected chi connectivity index (χ4v) is 4.58. The number of nitrogens with two attached hydrogens (primary N) is 1. The molecule has 1 aromatic heterocycles. The van der Waals surface area contributed by atoms with Crippen molar-refractivity contribution in [3.63, 3.8) is 0 Å². The molecule has 0 saturated carbocycles. The number of hydrogen-bond acceptors (Lipinski definition) is 4. The molecule has 96 valence electrons. The molecule has 0 aliphatic rings. The zero-order valence-corrected chi connectivity index (χ0v) is 13.1. The summed E-state index contributed by atoms with van der Waals surface area (Å²) in [6.07, 6.45) is 0. The van der Waals surface area contributed by atoms with Crippen LogP contribution >= 0.6 is 33.9 Å². The zero-order chi connectivity index (χ0) is 13.2. The second-order valence-electron chi connectivity index (χ2n) is 3.50. The molecule has 1 aromatic carbocycles. The first-order chi connectivity index (χ1) is 8.54. The molecule has 2 rings (SSSR count). The number of nitrogens with one attached hydrogen (secondary N) is 1. The van der Waals surface area contributed by atoms with Crippen LogP contribution in [0.4, 0.5) is 5.69 Å². The van der Waals surface area contributed by atoms with Crippen molar-refractivity contribution in [2.24, 2.45) is 5.73 Å². The van der Waals surface area contributed by atoms with E-state index >= 15 is 0 Å². The summed E-state index contributed by atoms with van der Waals surface area (Å²) in [7, 11) is -3.56. The first kappa shape index (κ1) is 13.8. The van der Waals surface area contributed by atoms with E-state index in [1.54, 1.807) is 23.6 Å². The Balaban J connectivity index is 2.37. The number of sulfonamides is 1. The highest BCUT2D eigenvalue weighted by atomic mass is 127. The summed E-state index contributed by atoms with van der Waals surface area (Å²) in [6, 6.07) is 8.79. The van der Waals surface area contributed by atoms with Gasteiger partial charge in [0, 0.05) is 15.0 Å². The van der Waals surface area contributed by atoms with Crippen LogP contribution in [0.15, 0.2) is 40.6 Å². The number of anilines is 1. The third kappa shape index (κ3) is 2.85. The van der Waals surface area contributed by atoms with Gasteiger partial charge in [-0.3, -0.25) is 4.72 Å². The average Bonchev–Trinajstić information content (AvgIpc) is 2.81. The van der Waals surface area contributed by atoms with E-state index in [9.17, 15) is 8.42 Å². The van der Waals surface area contributed by atoms with E-state index in [1.165, 1.54) is 11.3 Å². The molecular formula is C11H11IN2O2S2. The summed E-state index contributed by atoms with van der Waals surface area (Å²) < 4.78 is 27.9. The molecule has 3 N–H and O–H groups in total. The Hall–Kier alpha value is -0.640. The van der Waals surface area contributed by atoms with Crippen LogP contribution in [0.2, 0.25) is 0 Å². The van der Waals surface area contributed by atoms with Crippen LogP contribution in [-0.4, -0.2) is 8.42 Å². The Morgan fingerprint density at radius 2 is 2.00 bits per heavy atom. The van der Waals surface area contributed by atoms with E-state index in [0.717, 1.165) is 3.57 Å². The van der Waals surface area contributed by atoms with E-state index in [2.05, 4.69) is 27.3 Å². The van der Waals surface area contributed by atoms with Gasteiger partial charge in [0.25, 0.3) is 10.0 Å². The SMILES string of the molecule is NCc1sccc1S(=O)(=O)Nc1ccccc1I. The third-order valence-electron chi connectivity index (χ3n) is 2.30. The summed E-state index contributed by atoms with van der Waals surface area (Å²) in [4.78, 5) is 0.920. The van der Waals surface area contributed by atoms with Crippen LogP contribution in [0.5, 0.6) is 0 Å². The summed E-state index contributed by atoms with van der Waals surface area (Å²) in [5, 5.41) is 1.73. The van der Waals surface area contributed by atoms with Gasteiger partial charge in [-0.05, 0) is 46.2 Å². The fourth-order valence-electron chi connectivity index (χ4n) is 1.46. The van der Waals surface area contributed by atoms with Gasteiger partial charge < -0.3 is 5.73 Å². The van der Waals surface area contributed by atoms with Crippen LogP contribution in [0, 0.1) is 3.57 Å². The van der Waals surface area contributed by atoms with Crippen LogP contribution in [-0.2, 0) is 16.6 Å². The molecule has 0 saturated heterocycles. The van der Waals surface area contributed by atoms with Crippen molar-refractivity contribution in [1.82, 2.24) is 0 Å². The number of thiophene rings is 1. The molecule has 18 heavy (non-hydrogen) atoms. The molecule has 0 atom stereocenters. The summed E-state index contributed by atoms with van der Waals surface area (Å²) in [6.45, 7) is 0.222. The number of halogens is 1. The second kappa shape index (κ2) is 5.55. The smallest absolute Gasteiger partial charge is 0.263 e. The summed E-state index contributed by atoms with van der Waals surface area (Å²) >= 11 is 3.43. The Bertz CT molecular complexity index is 653. The van der Waals surface area contributed by atoms with Crippen LogP contribution in [0.25, 0.3) is 0 Å². The maximum atomic E-state index is 12.2. The van der Waals surface area contributed by atoms with Gasteiger partial charge in [-0.15, -0.1) is 11.3 Å². The Labute approximate surface area is 123 Å². The van der Waals surface area contributed by atoms with Crippen molar-refractivity contribution in [3.8, 4) is 0 Å². The van der Waals surface area contributed by atoms with E-state index in [1.807, 2.05) is 12.1 Å². The van der Waals surface area contributed by atoms with E-state index in [4.69, 9.17) is 5.73 Å². The lowest BCUT2D eigenvalue weighted by Crippen LogP contribution is -2.15. The highest BCUT2D eigenvalue weighted by molar-refractivity contribution is 14.1. The lowest BCUT2D eigenvalue weighted by atomic mass is 10.3. The molecule has 4 nitrogen and oxygen atoms in total. The number of hydrogen-bond donors (Lipinski definition) is 2. The van der Waals surface area contributed by atoms with Gasteiger partial charge in [0.15, 0.2) is 0 Å². The van der Waals surface area contributed by atoms with Crippen molar-refractivity contribution in [2.75, 3.05) is 4.72 Å². The van der Waals surface area contributed by atoms with Gasteiger partial charge >= 0.3 is 0 Å². The second-order valence-corrected chi connectivity index (χ2v) is 7.31. The van der Waals surface area contributed by atoms with Gasteiger partial charge in [-0.1, -0.05) is 12.1 Å². The van der Waals surface area contributed by atoms with Crippen molar-refractivity contribution < 1.29 is 8.42 Å². The highest BCUT2D eigenvalue weighted by Gasteiger charge is 2.19. The predicted octanol–water partition coefficient (Wildman–Crippen LogP) is 2.61. The molecule has 0 radical (unpaired) electrons. The van der Waals surface area contributed by atoms with E-state index < -0.39 is 10.0 Å². The normalized spacial score (nSPS) is 11.4. The number of para-hydroxylation sites is 1. The number of benzene rings is 1. The van der Waals surface area contributed by atoms with E-state index in [-0.39, 0.29) is 11.4 Å². The van der Waals surface area contributed by atoms with E-state index in [0.29, 0.717) is 10.6 Å². The molecule has 0 aliphatic heterocycles. The molecule has 0 unspecified atom stereocenters. The third-order valence-corrected chi connectivity index (χ3v) is 5.76. The average molecular weight is 394 g/mol. The van der Waals surface area contributed by atoms with Gasteiger partial charge in [-0.25, -0.2) is 8.42 Å². The minimum atomic E-state index is -3.56. The van der Waals surface area contributed by atoms with Crippen molar-refractivity contribution >= 4 is 49.6 Å². The zero-order valence-electron chi connectivity index (χ0n) is 9.26. The first-order valence-electron chi connectivity index (χ1n) is 5.08. The van der Waals surface area contributed by atoms with Gasteiger partial charge in [-0.2, -0.15) is 0 Å². The van der Waals surface area contributed by atoms with Gasteiger partial charge in [0.1, 0.15) is 4.90 Å². The first-order valence-corrected chi connectivity index (χ1v) is 8.52. The van der Waals surface area contributed by atoms with Crippen LogP contribution < -0.4 is 10.5 Å². The minimum Gasteiger partial charge on any atom is -0.326 e. The Morgan fingerprint density at radius 3 is 2.67 bits per heavy atom. The highest BCUT2D eigenvalue weighted by Crippen LogP contribution is 2.25. The van der Waals surface area contributed by atoms with Crippen molar-refractivity contribution in [3.05, 3.63) is 44.2 Å². The largest absolute Gasteiger partial charge is 0.326 e. The fraction of sp³-hybridized carbons (Fsp3) is 0.0909. The monoisotopic (exact) mass is 394 g/mol. The molecule has 0 spiro atoms. The minimum absolute atomic E-state index is 0.222. The van der Waals surface area contributed by atoms with Crippen molar-refractivity contribution in [2.45, 2.75) is 11.4 Å². The maximum Gasteiger partial charge on any atom is 0.263 e. The predicted molar refractivity (Wildman–Crippen MR) is 82.2 cm³/mol. The van der Waals surface area contributed by atoms with Crippen LogP contribution in [0.3, 0.4) is 0 Å². The number of rotatable bonds is 4. The Morgan fingerprint density at radius 1 is 1.28 bits per heavy atom. The lowest BCUT2D eigenvalue weighted by molar-refractivity contribution is 0.600.